The molecule has 10 nitrogen and oxygen atoms in total. The molecule has 0 aliphatic heterocycles. The van der Waals surface area contributed by atoms with Gasteiger partial charge in [0.25, 0.3) is 0 Å². The molecule has 0 rings (SSSR count). The van der Waals surface area contributed by atoms with E-state index in [1.165, 1.54) is 51.4 Å². The van der Waals surface area contributed by atoms with Crippen molar-refractivity contribution in [2.24, 2.45) is 11.5 Å². The number of carbonyl (C=O) groups excluding carboxylic acids is 4. The van der Waals surface area contributed by atoms with Crippen LogP contribution >= 0.6 is 0 Å². The Morgan fingerprint density at radius 3 is 1.06 bits per heavy atom. The molecule has 2 amide bonds. The topological polar surface area (TPSA) is 163 Å². The summed E-state index contributed by atoms with van der Waals surface area (Å²) in [5.74, 6) is -1.29. The number of hydrogen-bond acceptors (Lipinski definition) is 8. The number of ether oxygens (including phenoxy) is 2. The van der Waals surface area contributed by atoms with E-state index in [9.17, 15) is 19.2 Å². The maximum atomic E-state index is 11.4. The predicted octanol–water partition coefficient (Wildman–Crippen LogP) is 2.87. The molecule has 0 heterocycles. The molecule has 6 N–H and O–H groups in total. The van der Waals surface area contributed by atoms with E-state index in [2.05, 4.69) is 20.1 Å². The third-order valence-electron chi connectivity index (χ3n) is 5.11. The van der Waals surface area contributed by atoms with Crippen molar-refractivity contribution in [3.63, 3.8) is 0 Å². The van der Waals surface area contributed by atoms with Crippen LogP contribution in [0.1, 0.15) is 90.9 Å². The van der Waals surface area contributed by atoms with Crippen LogP contribution in [-0.2, 0) is 19.1 Å². The van der Waals surface area contributed by atoms with Crippen molar-refractivity contribution in [1.29, 1.82) is 0 Å². The predicted molar refractivity (Wildman–Crippen MR) is 122 cm³/mol. The first-order chi connectivity index (χ1) is 15.2. The zero-order valence-corrected chi connectivity index (χ0v) is 19.7. The molecule has 0 aliphatic carbocycles. The van der Waals surface area contributed by atoms with Crippen LogP contribution in [-0.4, -0.2) is 49.3 Å². The average molecular weight is 459 g/mol. The largest absolute Gasteiger partial charge is 0.412 e. The number of nitrogens with two attached hydrogens (primary N) is 2. The molecule has 0 bridgehead atoms. The third-order valence-corrected chi connectivity index (χ3v) is 5.11. The fraction of sp³-hybridized carbons (Fsp3) is 0.818. The van der Waals surface area contributed by atoms with Gasteiger partial charge in [-0.15, -0.1) is 0 Å². The van der Waals surface area contributed by atoms with Gasteiger partial charge in [-0.3, -0.25) is 0 Å². The summed E-state index contributed by atoms with van der Waals surface area (Å²) >= 11 is 0. The van der Waals surface area contributed by atoms with E-state index in [4.69, 9.17) is 11.5 Å². The van der Waals surface area contributed by atoms with Crippen molar-refractivity contribution in [3.05, 3.63) is 0 Å². The number of nitrogens with one attached hydrogen (secondary N) is 2. The average Bonchev–Trinajstić information content (AvgIpc) is 2.71. The number of amides is 2. The highest BCUT2D eigenvalue weighted by atomic mass is 16.6. The first-order valence-corrected chi connectivity index (χ1v) is 11.7. The lowest BCUT2D eigenvalue weighted by Crippen LogP contribution is -2.37. The normalized spacial score (nSPS) is 12.7. The van der Waals surface area contributed by atoms with Crippen LogP contribution in [0.25, 0.3) is 0 Å². The minimum Gasteiger partial charge on any atom is -0.375 e. The molecule has 186 valence electrons. The van der Waals surface area contributed by atoms with E-state index >= 15 is 0 Å². The molecule has 0 aliphatic rings. The first-order valence-electron chi connectivity index (χ1n) is 11.7. The van der Waals surface area contributed by atoms with Crippen LogP contribution in [0.15, 0.2) is 0 Å². The Bertz CT molecular complexity index is 511. The monoisotopic (exact) mass is 458 g/mol. The maximum Gasteiger partial charge on any atom is 0.412 e. The number of esters is 2. The number of unbranched alkanes of at least 4 members (excludes halogenated alkanes) is 11. The van der Waals surface area contributed by atoms with Gasteiger partial charge < -0.3 is 31.6 Å². The maximum absolute atomic E-state index is 11.4. The lowest BCUT2D eigenvalue weighted by atomic mass is 10.0. The van der Waals surface area contributed by atoms with Crippen molar-refractivity contribution in [2.75, 3.05) is 13.1 Å². The minimum atomic E-state index is -1.07. The van der Waals surface area contributed by atoms with Gasteiger partial charge in [0.05, 0.1) is 0 Å². The summed E-state index contributed by atoms with van der Waals surface area (Å²) in [7, 11) is 0. The zero-order chi connectivity index (χ0) is 24.2. The SMILES string of the molecule is CC(NCCCCCCCCCCCCCCNC(C)C(=O)OC(N)=O)C(=O)OC(N)=O. The van der Waals surface area contributed by atoms with Gasteiger partial charge in [-0.1, -0.05) is 64.2 Å². The smallest absolute Gasteiger partial charge is 0.375 e. The van der Waals surface area contributed by atoms with E-state index in [1.807, 2.05) is 0 Å². The second kappa shape index (κ2) is 19.5. The Balaban J connectivity index is 3.33. The van der Waals surface area contributed by atoms with Crippen LogP contribution in [0.2, 0.25) is 0 Å². The molecule has 2 atom stereocenters. The van der Waals surface area contributed by atoms with Crippen LogP contribution in [0.5, 0.6) is 0 Å². The lowest BCUT2D eigenvalue weighted by molar-refractivity contribution is -0.140. The van der Waals surface area contributed by atoms with E-state index in [0.29, 0.717) is 13.1 Å². The second-order valence-electron chi connectivity index (χ2n) is 8.07. The number of carbonyl (C=O) groups is 4. The van der Waals surface area contributed by atoms with E-state index < -0.39 is 36.2 Å². The van der Waals surface area contributed by atoms with Crippen molar-refractivity contribution in [3.8, 4) is 0 Å². The highest BCUT2D eigenvalue weighted by Gasteiger charge is 2.16. The third kappa shape index (κ3) is 18.6. The van der Waals surface area contributed by atoms with Gasteiger partial charge in [0.2, 0.25) is 0 Å². The minimum absolute atomic E-state index is 0.533. The van der Waals surface area contributed by atoms with Gasteiger partial charge in [-0.05, 0) is 39.8 Å². The van der Waals surface area contributed by atoms with Crippen LogP contribution < -0.4 is 22.1 Å². The molecule has 0 spiro atoms. The summed E-state index contributed by atoms with van der Waals surface area (Å²) in [5, 5.41) is 6.05. The van der Waals surface area contributed by atoms with Gasteiger partial charge in [-0.2, -0.15) is 0 Å². The van der Waals surface area contributed by atoms with E-state index in [0.717, 1.165) is 25.7 Å². The van der Waals surface area contributed by atoms with Gasteiger partial charge in [-0.25, -0.2) is 19.2 Å². The van der Waals surface area contributed by atoms with Crippen molar-refractivity contribution >= 4 is 24.1 Å². The molecule has 0 saturated heterocycles. The van der Waals surface area contributed by atoms with Crippen LogP contribution in [0.4, 0.5) is 9.59 Å². The molecule has 10 heteroatoms. The summed E-state index contributed by atoms with van der Waals surface area (Å²) < 4.78 is 8.64. The molecular weight excluding hydrogens is 416 g/mol. The molecule has 0 aromatic heterocycles. The zero-order valence-electron chi connectivity index (χ0n) is 19.7. The molecule has 2 unspecified atom stereocenters. The molecular formula is C22H42N4O6. The van der Waals surface area contributed by atoms with Crippen molar-refractivity contribution < 1.29 is 28.7 Å². The summed E-state index contributed by atoms with van der Waals surface area (Å²) in [5.41, 5.74) is 9.62. The Labute approximate surface area is 191 Å². The molecule has 0 aromatic carbocycles. The van der Waals surface area contributed by atoms with Crippen LogP contribution in [0.3, 0.4) is 0 Å². The lowest BCUT2D eigenvalue weighted by Gasteiger charge is -2.11. The Hall–Kier alpha value is -2.20. The van der Waals surface area contributed by atoms with Gasteiger partial charge in [0.1, 0.15) is 12.1 Å². The fourth-order valence-corrected chi connectivity index (χ4v) is 3.20. The van der Waals surface area contributed by atoms with Crippen molar-refractivity contribution in [2.45, 2.75) is 103 Å². The van der Waals surface area contributed by atoms with E-state index in [-0.39, 0.29) is 0 Å². The van der Waals surface area contributed by atoms with Gasteiger partial charge >= 0.3 is 24.1 Å². The van der Waals surface area contributed by atoms with Gasteiger partial charge in [0.15, 0.2) is 0 Å². The summed E-state index contributed by atoms with van der Waals surface area (Å²) in [4.78, 5) is 43.8. The molecule has 0 saturated carbocycles. The second-order valence-corrected chi connectivity index (χ2v) is 8.07. The van der Waals surface area contributed by atoms with Crippen molar-refractivity contribution in [1.82, 2.24) is 10.6 Å². The Kier molecular flexibility index (Phi) is 18.1. The summed E-state index contributed by atoms with van der Waals surface area (Å²) in [6.45, 7) is 4.71. The Morgan fingerprint density at radius 1 is 0.562 bits per heavy atom. The quantitative estimate of drug-likeness (QED) is 0.130. The fourth-order valence-electron chi connectivity index (χ4n) is 3.20. The molecule has 0 radical (unpaired) electrons. The first kappa shape index (κ1) is 29.8. The number of hydrogen-bond donors (Lipinski definition) is 4. The van der Waals surface area contributed by atoms with E-state index in [1.54, 1.807) is 13.8 Å². The summed E-state index contributed by atoms with van der Waals surface area (Å²) in [6.07, 6.45) is 11.9. The van der Waals surface area contributed by atoms with Crippen LogP contribution in [0, 0.1) is 0 Å². The number of rotatable bonds is 19. The highest BCUT2D eigenvalue weighted by molar-refractivity contribution is 5.87. The van der Waals surface area contributed by atoms with Gasteiger partial charge in [0, 0.05) is 0 Å². The molecule has 32 heavy (non-hydrogen) atoms. The Morgan fingerprint density at radius 2 is 0.812 bits per heavy atom. The molecule has 0 aromatic rings. The number of primary amides is 2. The molecule has 0 fully saturated rings. The highest BCUT2D eigenvalue weighted by Crippen LogP contribution is 2.12. The standard InChI is InChI=1S/C22H42N4O6/c1-17(19(27)31-21(23)29)25-15-13-11-9-7-5-3-4-6-8-10-12-14-16-26-18(2)20(28)32-22(24)30/h17-18,25-26H,3-16H2,1-2H3,(H2,23,29)(H2,24,30). The summed E-state index contributed by atoms with van der Waals surface area (Å²) in [6, 6.07) is -1.07.